The van der Waals surface area contributed by atoms with E-state index in [4.69, 9.17) is 4.74 Å². The van der Waals surface area contributed by atoms with Crippen molar-refractivity contribution in [1.29, 1.82) is 0 Å². The van der Waals surface area contributed by atoms with Crippen LogP contribution in [-0.2, 0) is 14.9 Å². The molecule has 2 atom stereocenters. The van der Waals surface area contributed by atoms with Crippen LogP contribution in [0.15, 0.2) is 48.5 Å². The normalized spacial score (nSPS) is 21.8. The highest BCUT2D eigenvalue weighted by molar-refractivity contribution is 7.88. The van der Waals surface area contributed by atoms with Gasteiger partial charge in [-0.3, -0.25) is 14.5 Å². The van der Waals surface area contributed by atoms with Crippen LogP contribution in [-0.4, -0.2) is 49.9 Å². The van der Waals surface area contributed by atoms with E-state index in [-0.39, 0.29) is 13.2 Å². The number of carbonyl (C=O) groups excluding carboxylic acids is 2. The zero-order valence-electron chi connectivity index (χ0n) is 15.1. The Labute approximate surface area is 169 Å². The van der Waals surface area contributed by atoms with Gasteiger partial charge < -0.3 is 8.92 Å². The first-order valence-electron chi connectivity index (χ1n) is 8.75. The van der Waals surface area contributed by atoms with Gasteiger partial charge in [-0.25, -0.2) is 0 Å². The van der Waals surface area contributed by atoms with E-state index in [2.05, 4.69) is 4.18 Å². The molecule has 2 aliphatic heterocycles. The Morgan fingerprint density at radius 1 is 0.933 bits per heavy atom. The molecule has 7 nitrogen and oxygen atoms in total. The molecule has 0 radical (unpaired) electrons. The molecule has 0 spiro atoms. The van der Waals surface area contributed by atoms with Crippen molar-refractivity contribution in [2.24, 2.45) is 0 Å². The summed E-state index contributed by atoms with van der Waals surface area (Å²) in [6.07, 6.45) is 0. The third kappa shape index (κ3) is 3.33. The number of hydrogen-bond acceptors (Lipinski definition) is 6. The standard InChI is InChI=1S/C19H14F3NO6S/c20-19(21,22)30(26,27)29-12-7-5-11(6-8-12)15-9-28-10-16(15)23-17(24)13-3-1-2-4-14(13)18(23)25/h1-8,15-16H,9-10H2/t15-,16-/m0/s1. The lowest BCUT2D eigenvalue weighted by Crippen LogP contribution is -2.43. The quantitative estimate of drug-likeness (QED) is 0.412. The molecule has 158 valence electrons. The molecule has 0 saturated carbocycles. The maximum Gasteiger partial charge on any atom is 0.534 e. The minimum atomic E-state index is -5.77. The summed E-state index contributed by atoms with van der Waals surface area (Å²) < 4.78 is 69.2. The number of ether oxygens (including phenoxy) is 1. The van der Waals surface area contributed by atoms with Crippen LogP contribution in [0.1, 0.15) is 32.2 Å². The summed E-state index contributed by atoms with van der Waals surface area (Å²) in [7, 11) is -5.77. The number of rotatable bonds is 4. The molecule has 4 rings (SSSR count). The van der Waals surface area contributed by atoms with Crippen LogP contribution in [0.2, 0.25) is 0 Å². The third-order valence-electron chi connectivity index (χ3n) is 5.01. The van der Waals surface area contributed by atoms with Gasteiger partial charge in [0.1, 0.15) is 5.75 Å². The number of alkyl halides is 3. The van der Waals surface area contributed by atoms with E-state index in [0.29, 0.717) is 16.7 Å². The molecule has 2 aromatic rings. The average molecular weight is 441 g/mol. The smallest absolute Gasteiger partial charge is 0.379 e. The zero-order chi connectivity index (χ0) is 21.7. The fourth-order valence-electron chi connectivity index (χ4n) is 3.57. The predicted molar refractivity (Wildman–Crippen MR) is 96.3 cm³/mol. The van der Waals surface area contributed by atoms with Crippen LogP contribution in [0.5, 0.6) is 5.75 Å². The first-order chi connectivity index (χ1) is 14.1. The highest BCUT2D eigenvalue weighted by Gasteiger charge is 2.49. The first-order valence-corrected chi connectivity index (χ1v) is 10.2. The van der Waals surface area contributed by atoms with Crippen molar-refractivity contribution in [1.82, 2.24) is 4.90 Å². The molecular formula is C19H14F3NO6S. The summed E-state index contributed by atoms with van der Waals surface area (Å²) in [4.78, 5) is 26.6. The number of halogens is 3. The molecule has 2 aromatic carbocycles. The Hall–Kier alpha value is -2.92. The molecule has 11 heteroatoms. The molecule has 0 bridgehead atoms. The largest absolute Gasteiger partial charge is 0.534 e. The lowest BCUT2D eigenvalue weighted by Gasteiger charge is -2.26. The minimum absolute atomic E-state index is 0.108. The summed E-state index contributed by atoms with van der Waals surface area (Å²) in [5.41, 5.74) is -4.38. The number of benzene rings is 2. The molecule has 0 unspecified atom stereocenters. The van der Waals surface area contributed by atoms with Crippen LogP contribution < -0.4 is 4.18 Å². The van der Waals surface area contributed by atoms with E-state index in [1.54, 1.807) is 24.3 Å². The Morgan fingerprint density at radius 2 is 1.50 bits per heavy atom. The van der Waals surface area contributed by atoms with Gasteiger partial charge in [0, 0.05) is 5.92 Å². The topological polar surface area (TPSA) is 90.0 Å². The number of imide groups is 1. The van der Waals surface area contributed by atoms with Crippen molar-refractivity contribution in [3.8, 4) is 5.75 Å². The number of nitrogens with zero attached hydrogens (tertiary/aromatic N) is 1. The van der Waals surface area contributed by atoms with Gasteiger partial charge in [0.2, 0.25) is 0 Å². The highest BCUT2D eigenvalue weighted by Crippen LogP contribution is 2.36. The number of hydrogen-bond donors (Lipinski definition) is 0. The molecule has 2 amide bonds. The number of fused-ring (bicyclic) bond motifs is 1. The van der Waals surface area contributed by atoms with Gasteiger partial charge in [0.15, 0.2) is 0 Å². The molecule has 2 aliphatic rings. The molecule has 2 heterocycles. The molecule has 30 heavy (non-hydrogen) atoms. The van der Waals surface area contributed by atoms with Crippen LogP contribution >= 0.6 is 0 Å². The second-order valence-corrected chi connectivity index (χ2v) is 8.33. The maximum atomic E-state index is 12.7. The Balaban J connectivity index is 1.56. The van der Waals surface area contributed by atoms with Crippen molar-refractivity contribution >= 4 is 21.9 Å². The van der Waals surface area contributed by atoms with Gasteiger partial charge in [0.05, 0.1) is 30.4 Å². The van der Waals surface area contributed by atoms with E-state index in [9.17, 15) is 31.2 Å². The second kappa shape index (κ2) is 7.10. The molecule has 0 aliphatic carbocycles. The lowest BCUT2D eigenvalue weighted by molar-refractivity contribution is -0.0500. The molecule has 1 saturated heterocycles. The van der Waals surface area contributed by atoms with Crippen LogP contribution in [0.4, 0.5) is 13.2 Å². The van der Waals surface area contributed by atoms with E-state index in [0.717, 1.165) is 17.0 Å². The van der Waals surface area contributed by atoms with Crippen molar-refractivity contribution < 1.29 is 40.1 Å². The summed E-state index contributed by atoms with van der Waals surface area (Å²) in [6.45, 7) is 0.288. The van der Waals surface area contributed by atoms with E-state index < -0.39 is 45.2 Å². The van der Waals surface area contributed by atoms with Crippen LogP contribution in [0.25, 0.3) is 0 Å². The molecule has 0 aromatic heterocycles. The fourth-order valence-corrected chi connectivity index (χ4v) is 4.03. The summed E-state index contributed by atoms with van der Waals surface area (Å²) in [6, 6.07) is 10.8. The minimum Gasteiger partial charge on any atom is -0.379 e. The highest BCUT2D eigenvalue weighted by atomic mass is 32.2. The van der Waals surface area contributed by atoms with Crippen LogP contribution in [0.3, 0.4) is 0 Å². The van der Waals surface area contributed by atoms with Gasteiger partial charge in [-0.05, 0) is 29.8 Å². The van der Waals surface area contributed by atoms with E-state index in [1.165, 1.54) is 12.1 Å². The maximum absolute atomic E-state index is 12.7. The molecule has 0 N–H and O–H groups in total. The van der Waals surface area contributed by atoms with E-state index >= 15 is 0 Å². The zero-order valence-corrected chi connectivity index (χ0v) is 15.9. The monoisotopic (exact) mass is 441 g/mol. The Bertz CT molecular complexity index is 1080. The Kier molecular flexibility index (Phi) is 4.82. The molecule has 1 fully saturated rings. The SMILES string of the molecule is O=C1c2ccccc2C(=O)N1[C@H]1COC[C@H]1c1ccc(OS(=O)(=O)C(F)(F)F)cc1. The third-order valence-corrected chi connectivity index (χ3v) is 5.98. The van der Waals surface area contributed by atoms with Crippen molar-refractivity contribution in [2.75, 3.05) is 13.2 Å². The fraction of sp³-hybridized carbons (Fsp3) is 0.263. The number of carbonyl (C=O) groups is 2. The van der Waals surface area contributed by atoms with Crippen molar-refractivity contribution in [2.45, 2.75) is 17.5 Å². The van der Waals surface area contributed by atoms with Gasteiger partial charge >= 0.3 is 15.6 Å². The Morgan fingerprint density at radius 3 is 2.03 bits per heavy atom. The second-order valence-electron chi connectivity index (χ2n) is 6.79. The predicted octanol–water partition coefficient (Wildman–Crippen LogP) is 2.69. The molecular weight excluding hydrogens is 427 g/mol. The van der Waals surface area contributed by atoms with Gasteiger partial charge in [-0.2, -0.15) is 21.6 Å². The van der Waals surface area contributed by atoms with Gasteiger partial charge in [-0.15, -0.1) is 0 Å². The van der Waals surface area contributed by atoms with Gasteiger partial charge in [0.25, 0.3) is 11.8 Å². The van der Waals surface area contributed by atoms with E-state index in [1.807, 2.05) is 0 Å². The van der Waals surface area contributed by atoms with Crippen molar-refractivity contribution in [3.63, 3.8) is 0 Å². The number of amides is 2. The van der Waals surface area contributed by atoms with Gasteiger partial charge in [-0.1, -0.05) is 24.3 Å². The van der Waals surface area contributed by atoms with Crippen molar-refractivity contribution in [3.05, 3.63) is 65.2 Å². The first kappa shape index (κ1) is 20.4. The summed E-state index contributed by atoms with van der Waals surface area (Å²) in [5.74, 6) is -1.81. The lowest BCUT2D eigenvalue weighted by atomic mass is 9.93. The van der Waals surface area contributed by atoms with Crippen LogP contribution in [0, 0.1) is 0 Å². The summed E-state index contributed by atoms with van der Waals surface area (Å²) >= 11 is 0. The average Bonchev–Trinajstić information content (AvgIpc) is 3.25. The summed E-state index contributed by atoms with van der Waals surface area (Å²) in [5, 5.41) is 0.